The third-order valence-electron chi connectivity index (χ3n) is 9.03. The summed E-state index contributed by atoms with van der Waals surface area (Å²) >= 11 is 3.79. The summed E-state index contributed by atoms with van der Waals surface area (Å²) in [6.45, 7) is 9.99. The van der Waals surface area contributed by atoms with Crippen LogP contribution >= 0.6 is 15.9 Å². The highest BCUT2D eigenvalue weighted by Crippen LogP contribution is 2.64. The van der Waals surface area contributed by atoms with E-state index < -0.39 is 0 Å². The van der Waals surface area contributed by atoms with E-state index in [1.165, 1.54) is 6.92 Å². The summed E-state index contributed by atoms with van der Waals surface area (Å²) in [5.74, 6) is 2.57. The molecule has 1 N–H and O–H groups in total. The smallest absolute Gasteiger partial charge is 0.302 e. The number of aliphatic hydroxyl groups excluding tert-OH is 1. The van der Waals surface area contributed by atoms with Crippen LogP contribution in [0.15, 0.2) is 12.3 Å². The van der Waals surface area contributed by atoms with E-state index in [0.717, 1.165) is 57.8 Å². The molecule has 0 bridgehead atoms. The highest BCUT2D eigenvalue weighted by molar-refractivity contribution is 9.09. The Kier molecular flexibility index (Phi) is 7.10. The molecule has 4 aliphatic carbocycles. The van der Waals surface area contributed by atoms with Crippen LogP contribution < -0.4 is 0 Å². The molecule has 0 spiro atoms. The number of alkyl halides is 1. The average Bonchev–Trinajstić information content (AvgIpc) is 3.02. The van der Waals surface area contributed by atoms with E-state index >= 15 is 0 Å². The number of hydrogen-bond donors (Lipinski definition) is 1. The van der Waals surface area contributed by atoms with E-state index in [2.05, 4.69) is 36.4 Å². The van der Waals surface area contributed by atoms with Crippen LogP contribution in [0.25, 0.3) is 0 Å². The number of carbonyl (C=O) groups excluding carboxylic acids is 1. The molecular weight excluding hydrogens is 460 g/mol. The summed E-state index contributed by atoms with van der Waals surface area (Å²) in [7, 11) is 0. The van der Waals surface area contributed by atoms with Crippen molar-refractivity contribution in [2.45, 2.75) is 102 Å². The van der Waals surface area contributed by atoms with Crippen LogP contribution in [-0.4, -0.2) is 34.2 Å². The number of carbonyl (C=O) groups is 1. The van der Waals surface area contributed by atoms with Crippen LogP contribution in [0, 0.1) is 35.0 Å². The van der Waals surface area contributed by atoms with Crippen molar-refractivity contribution in [2.75, 3.05) is 0 Å². The molecule has 4 aliphatic rings. The maximum Gasteiger partial charge on any atom is 0.302 e. The van der Waals surface area contributed by atoms with Crippen molar-refractivity contribution in [3.63, 3.8) is 0 Å². The zero-order valence-electron chi connectivity index (χ0n) is 19.2. The normalized spacial score (nSPS) is 46.4. The lowest BCUT2D eigenvalue weighted by Gasteiger charge is -2.60. The van der Waals surface area contributed by atoms with Crippen molar-refractivity contribution in [1.82, 2.24) is 0 Å². The monoisotopic (exact) mass is 498 g/mol. The van der Waals surface area contributed by atoms with Gasteiger partial charge in [-0.3, -0.25) is 4.79 Å². The number of rotatable bonds is 6. The Morgan fingerprint density at radius 1 is 1.19 bits per heavy atom. The van der Waals surface area contributed by atoms with Crippen molar-refractivity contribution in [3.05, 3.63) is 12.3 Å². The van der Waals surface area contributed by atoms with E-state index in [-0.39, 0.29) is 34.5 Å². The zero-order chi connectivity index (χ0) is 22.3. The Morgan fingerprint density at radius 3 is 2.68 bits per heavy atom. The lowest BCUT2D eigenvalue weighted by atomic mass is 9.46. The maximum atomic E-state index is 11.6. The fourth-order valence-corrected chi connectivity index (χ4v) is 8.60. The van der Waals surface area contributed by atoms with Crippen molar-refractivity contribution >= 4 is 21.9 Å². The minimum atomic E-state index is -0.290. The third-order valence-corrected chi connectivity index (χ3v) is 9.93. The maximum absolute atomic E-state index is 11.6. The van der Waals surface area contributed by atoms with Crippen LogP contribution in [0.5, 0.6) is 0 Å². The molecule has 176 valence electrons. The van der Waals surface area contributed by atoms with Crippen LogP contribution in [-0.2, 0) is 19.3 Å². The predicted octanol–water partition coefficient (Wildman–Crippen LogP) is 5.55. The van der Waals surface area contributed by atoms with Gasteiger partial charge in [0, 0.05) is 19.3 Å². The van der Waals surface area contributed by atoms with Crippen molar-refractivity contribution in [3.8, 4) is 0 Å². The molecule has 10 atom stereocenters. The van der Waals surface area contributed by atoms with Crippen LogP contribution in [0.4, 0.5) is 0 Å². The first-order valence-electron chi connectivity index (χ1n) is 12.2. The Hall–Kier alpha value is -0.590. The Bertz CT molecular complexity index is 683. The molecule has 0 saturated heterocycles. The van der Waals surface area contributed by atoms with Gasteiger partial charge in [-0.2, -0.15) is 4.89 Å². The largest absolute Gasteiger partial charge is 0.461 e. The molecule has 0 amide bonds. The van der Waals surface area contributed by atoms with Gasteiger partial charge in [0.05, 0.1) is 10.9 Å². The molecule has 5 nitrogen and oxygen atoms in total. The zero-order valence-corrected chi connectivity index (χ0v) is 20.8. The summed E-state index contributed by atoms with van der Waals surface area (Å²) in [5, 5.41) is 11.3. The minimum Gasteiger partial charge on any atom is -0.461 e. The van der Waals surface area contributed by atoms with Gasteiger partial charge in [-0.05, 0) is 80.5 Å². The topological polar surface area (TPSA) is 65.0 Å². The highest BCUT2D eigenvalue weighted by Gasteiger charge is 2.61. The fraction of sp³-hybridized carbons (Fsp3) is 0.880. The molecule has 6 heteroatoms. The number of hydrogen-bond acceptors (Lipinski definition) is 5. The Labute approximate surface area is 195 Å². The van der Waals surface area contributed by atoms with Crippen molar-refractivity contribution < 1.29 is 24.4 Å². The number of esters is 1. The van der Waals surface area contributed by atoms with Gasteiger partial charge in [-0.1, -0.05) is 36.4 Å². The highest BCUT2D eigenvalue weighted by atomic mass is 79.9. The molecule has 0 aliphatic heterocycles. The lowest BCUT2D eigenvalue weighted by molar-refractivity contribution is -0.312. The van der Waals surface area contributed by atoms with Gasteiger partial charge >= 0.3 is 5.97 Å². The molecule has 31 heavy (non-hydrogen) atoms. The van der Waals surface area contributed by atoms with Crippen LogP contribution in [0.3, 0.4) is 0 Å². The first-order valence-corrected chi connectivity index (χ1v) is 13.2. The van der Waals surface area contributed by atoms with Gasteiger partial charge in [-0.15, -0.1) is 0 Å². The van der Waals surface area contributed by atoms with Gasteiger partial charge in [0.1, 0.15) is 18.0 Å². The summed E-state index contributed by atoms with van der Waals surface area (Å²) in [4.78, 5) is 23.1. The molecule has 4 fully saturated rings. The third kappa shape index (κ3) is 4.46. The van der Waals surface area contributed by atoms with E-state index in [0.29, 0.717) is 35.3 Å². The molecule has 0 radical (unpaired) electrons. The first kappa shape index (κ1) is 23.6. The second-order valence-corrected chi connectivity index (χ2v) is 12.0. The lowest BCUT2D eigenvalue weighted by Crippen LogP contribution is -2.57. The van der Waals surface area contributed by atoms with Gasteiger partial charge < -0.3 is 14.7 Å². The molecular formula is C25H39BrO5. The SMILES string of the molecule is C=C(CCC)OO[C@H]1CC[C@@]2(C)C(C1)C[C@H](O)C1C3C[C@@H](Br)[C@H](OC(C)=O)[C@H]3CCC12. The number of allylic oxidation sites excluding steroid dienone is 1. The number of aliphatic hydroxyl groups is 1. The number of fused-ring (bicyclic) bond motifs is 5. The van der Waals surface area contributed by atoms with Gasteiger partial charge in [0.2, 0.25) is 0 Å². The standard InChI is InChI=1S/C25H39BrO5/c1-5-6-14(2)30-31-17-9-10-25(4)16(11-17)12-22(28)23-19-13-21(26)24(29-15(3)27)18(19)7-8-20(23)25/h16-24,28H,2,5-13H2,1,3-4H3/t16?,17-,18-,19?,20?,21+,22-,23?,24+,25-/m0/s1. The first-order chi connectivity index (χ1) is 14.7. The molecule has 4 rings (SSSR count). The molecule has 0 aromatic carbocycles. The number of halogens is 1. The summed E-state index contributed by atoms with van der Waals surface area (Å²) in [5.41, 5.74) is 0.233. The average molecular weight is 499 g/mol. The second-order valence-electron chi connectivity index (χ2n) is 10.8. The van der Waals surface area contributed by atoms with Crippen LogP contribution in [0.1, 0.15) is 78.6 Å². The second kappa shape index (κ2) is 9.34. The van der Waals surface area contributed by atoms with Gasteiger partial charge in [0.15, 0.2) is 0 Å². The van der Waals surface area contributed by atoms with E-state index in [1.54, 1.807) is 0 Å². The molecule has 0 aromatic rings. The predicted molar refractivity (Wildman–Crippen MR) is 122 cm³/mol. The fourth-order valence-electron chi connectivity index (χ4n) is 7.67. The summed E-state index contributed by atoms with van der Waals surface area (Å²) in [6.07, 6.45) is 8.63. The van der Waals surface area contributed by atoms with Crippen LogP contribution in [0.2, 0.25) is 0 Å². The molecule has 4 saturated carbocycles. The van der Waals surface area contributed by atoms with E-state index in [1.807, 2.05) is 0 Å². The van der Waals surface area contributed by atoms with Gasteiger partial charge in [-0.25, -0.2) is 0 Å². The molecule has 0 aromatic heterocycles. The summed E-state index contributed by atoms with van der Waals surface area (Å²) < 4.78 is 5.71. The Morgan fingerprint density at radius 2 is 1.97 bits per heavy atom. The summed E-state index contributed by atoms with van der Waals surface area (Å²) in [6, 6.07) is 0. The van der Waals surface area contributed by atoms with Gasteiger partial charge in [0.25, 0.3) is 0 Å². The Balaban J connectivity index is 1.45. The molecule has 0 heterocycles. The van der Waals surface area contributed by atoms with Crippen molar-refractivity contribution in [1.29, 1.82) is 0 Å². The molecule has 4 unspecified atom stereocenters. The number of ether oxygens (including phenoxy) is 1. The van der Waals surface area contributed by atoms with E-state index in [4.69, 9.17) is 14.5 Å². The minimum absolute atomic E-state index is 0.0568. The quantitative estimate of drug-likeness (QED) is 0.171. The van der Waals surface area contributed by atoms with Crippen molar-refractivity contribution in [2.24, 2.45) is 35.0 Å². The van der Waals surface area contributed by atoms with E-state index in [9.17, 15) is 9.90 Å².